The van der Waals surface area contributed by atoms with Gasteiger partial charge in [-0.3, -0.25) is 14.2 Å². The molecule has 3 atom stereocenters. The summed E-state index contributed by atoms with van der Waals surface area (Å²) in [6.45, 7) is 1.24. The minimum atomic E-state index is -1.37. The van der Waals surface area contributed by atoms with E-state index in [0.717, 1.165) is 10.1 Å². The number of benzene rings is 1. The zero-order valence-electron chi connectivity index (χ0n) is 13.8. The summed E-state index contributed by atoms with van der Waals surface area (Å²) >= 11 is 0. The molecule has 9 heteroatoms. The summed E-state index contributed by atoms with van der Waals surface area (Å²) < 4.78 is 20.3. The Bertz CT molecular complexity index is 966. The Labute approximate surface area is 146 Å². The quantitative estimate of drug-likeness (QED) is 0.780. The van der Waals surface area contributed by atoms with E-state index >= 15 is 0 Å². The van der Waals surface area contributed by atoms with Crippen LogP contribution >= 0.6 is 0 Å². The van der Waals surface area contributed by atoms with E-state index in [0.29, 0.717) is 6.20 Å². The Morgan fingerprint density at radius 1 is 1.38 bits per heavy atom. The van der Waals surface area contributed by atoms with Crippen molar-refractivity contribution in [2.75, 3.05) is 6.61 Å². The van der Waals surface area contributed by atoms with E-state index in [-0.39, 0.29) is 16.6 Å². The number of aliphatic hydroxyl groups is 2. The van der Waals surface area contributed by atoms with Gasteiger partial charge < -0.3 is 14.9 Å². The van der Waals surface area contributed by atoms with Crippen molar-refractivity contribution >= 4 is 5.91 Å². The van der Waals surface area contributed by atoms with Crippen LogP contribution in [0.2, 0.25) is 0 Å². The number of rotatable bonds is 3. The number of ether oxygens (including phenoxy) is 1. The van der Waals surface area contributed by atoms with E-state index in [1.54, 1.807) is 19.1 Å². The second-order valence-electron chi connectivity index (χ2n) is 6.10. The molecule has 2 aromatic rings. The van der Waals surface area contributed by atoms with Crippen LogP contribution in [0.3, 0.4) is 0 Å². The number of carbonyl (C=O) groups is 1. The summed E-state index contributed by atoms with van der Waals surface area (Å²) in [6, 6.07) is 6.19. The Morgan fingerprint density at radius 2 is 2.12 bits per heavy atom. The average Bonchev–Trinajstić information content (AvgIpc) is 2.98. The summed E-state index contributed by atoms with van der Waals surface area (Å²) in [5.74, 6) is -2.27. The zero-order chi connectivity index (χ0) is 19.0. The highest BCUT2D eigenvalue weighted by Crippen LogP contribution is 2.27. The normalized spacial score (nSPS) is 22.5. The molecule has 1 aromatic carbocycles. The number of aliphatic hydroxyl groups excluding tert-OH is 2. The van der Waals surface area contributed by atoms with Crippen LogP contribution in [0.1, 0.15) is 28.6 Å². The third-order valence-electron chi connectivity index (χ3n) is 4.23. The minimum Gasteiger partial charge on any atom is -0.394 e. The number of aryl methyl sites for hydroxylation is 1. The molecule has 3 rings (SSSR count). The molecule has 0 radical (unpaired) electrons. The molecule has 2 N–H and O–H groups in total. The van der Waals surface area contributed by atoms with Gasteiger partial charge in [0.15, 0.2) is 0 Å². The molecule has 1 fully saturated rings. The van der Waals surface area contributed by atoms with E-state index in [9.17, 15) is 23.9 Å². The van der Waals surface area contributed by atoms with Crippen LogP contribution in [0.15, 0.2) is 40.1 Å². The number of aromatic nitrogens is 2. The van der Waals surface area contributed by atoms with Crippen molar-refractivity contribution in [1.82, 2.24) is 9.13 Å². The molecule has 1 saturated heterocycles. The van der Waals surface area contributed by atoms with E-state index in [4.69, 9.17) is 9.84 Å². The lowest BCUT2D eigenvalue weighted by Crippen LogP contribution is -2.46. The molecule has 26 heavy (non-hydrogen) atoms. The molecular formula is C17H17FN2O6. The van der Waals surface area contributed by atoms with Crippen LogP contribution in [0, 0.1) is 12.7 Å². The molecule has 2 heterocycles. The van der Waals surface area contributed by atoms with Gasteiger partial charge in [0.2, 0.25) is 5.82 Å². The van der Waals surface area contributed by atoms with Crippen molar-refractivity contribution in [1.29, 1.82) is 0 Å². The summed E-state index contributed by atoms with van der Waals surface area (Å²) in [5, 5.41) is 18.9. The molecule has 1 aliphatic rings. The van der Waals surface area contributed by atoms with Gasteiger partial charge >= 0.3 is 5.69 Å². The van der Waals surface area contributed by atoms with Gasteiger partial charge in [-0.2, -0.15) is 8.96 Å². The van der Waals surface area contributed by atoms with Gasteiger partial charge in [0.05, 0.1) is 18.9 Å². The molecule has 1 aliphatic heterocycles. The fraction of sp³-hybridized carbons (Fsp3) is 0.353. The van der Waals surface area contributed by atoms with Crippen molar-refractivity contribution in [2.24, 2.45) is 0 Å². The fourth-order valence-corrected chi connectivity index (χ4v) is 2.88. The standard InChI is InChI=1S/C17H17FN2O6/c1-9-3-2-4-10(5-9)15(23)20-16(24)11(18)7-19(17(20)25)14-6-12(22)13(8-21)26-14/h2-5,7,12-14,21-22H,6,8H2,1H3/t12?,13-,14-/m0/s1. The van der Waals surface area contributed by atoms with Gasteiger partial charge in [0.1, 0.15) is 12.3 Å². The predicted octanol–water partition coefficient (Wildman–Crippen LogP) is -0.213. The molecule has 8 nitrogen and oxygen atoms in total. The van der Waals surface area contributed by atoms with Crippen LogP contribution in [0.4, 0.5) is 4.39 Å². The van der Waals surface area contributed by atoms with Gasteiger partial charge in [-0.1, -0.05) is 17.7 Å². The number of hydrogen-bond donors (Lipinski definition) is 2. The van der Waals surface area contributed by atoms with Gasteiger partial charge in [-0.15, -0.1) is 0 Å². The largest absolute Gasteiger partial charge is 0.394 e. The van der Waals surface area contributed by atoms with E-state index in [1.807, 2.05) is 0 Å². The average molecular weight is 364 g/mol. The van der Waals surface area contributed by atoms with Gasteiger partial charge in [0.25, 0.3) is 11.5 Å². The lowest BCUT2D eigenvalue weighted by Gasteiger charge is -2.16. The third-order valence-corrected chi connectivity index (χ3v) is 4.23. The SMILES string of the molecule is Cc1cccc(C(=O)n2c(=O)c(F)cn([C@@H]3CC(O)[C@H](CO)O3)c2=O)c1. The topological polar surface area (TPSA) is 111 Å². The van der Waals surface area contributed by atoms with Crippen LogP contribution in [-0.4, -0.2) is 44.1 Å². The lowest BCUT2D eigenvalue weighted by atomic mass is 10.1. The highest BCUT2D eigenvalue weighted by molar-refractivity contribution is 5.95. The van der Waals surface area contributed by atoms with Gasteiger partial charge in [-0.25, -0.2) is 4.79 Å². The van der Waals surface area contributed by atoms with Crippen LogP contribution in [0.25, 0.3) is 0 Å². The fourth-order valence-electron chi connectivity index (χ4n) is 2.88. The highest BCUT2D eigenvalue weighted by Gasteiger charge is 2.36. The molecule has 0 aliphatic carbocycles. The first-order valence-electron chi connectivity index (χ1n) is 7.93. The van der Waals surface area contributed by atoms with Gasteiger partial charge in [0, 0.05) is 12.0 Å². The second kappa shape index (κ2) is 6.94. The first kappa shape index (κ1) is 18.2. The minimum absolute atomic E-state index is 0.0574. The molecule has 0 amide bonds. The van der Waals surface area contributed by atoms with Gasteiger partial charge in [-0.05, 0) is 19.1 Å². The van der Waals surface area contributed by atoms with E-state index in [1.165, 1.54) is 12.1 Å². The maximum atomic E-state index is 14.1. The van der Waals surface area contributed by atoms with Crippen LogP contribution < -0.4 is 11.2 Å². The smallest absolute Gasteiger partial charge is 0.340 e. The Balaban J connectivity index is 2.10. The maximum Gasteiger partial charge on any atom is 0.340 e. The van der Waals surface area contributed by atoms with Crippen molar-refractivity contribution in [3.63, 3.8) is 0 Å². The number of carbonyl (C=O) groups excluding carboxylic acids is 1. The Kier molecular flexibility index (Phi) is 4.86. The molecule has 1 aromatic heterocycles. The third kappa shape index (κ3) is 3.12. The molecule has 0 bridgehead atoms. The predicted molar refractivity (Wildman–Crippen MR) is 87.4 cm³/mol. The molecule has 0 spiro atoms. The first-order valence-corrected chi connectivity index (χ1v) is 7.93. The molecule has 0 saturated carbocycles. The Morgan fingerprint density at radius 3 is 2.73 bits per heavy atom. The summed E-state index contributed by atoms with van der Waals surface area (Å²) in [6.07, 6.45) is -2.57. The number of halogens is 1. The molecule has 1 unspecified atom stereocenters. The van der Waals surface area contributed by atoms with Crippen molar-refractivity contribution in [2.45, 2.75) is 31.8 Å². The van der Waals surface area contributed by atoms with Crippen molar-refractivity contribution in [3.05, 3.63) is 68.2 Å². The second-order valence-corrected chi connectivity index (χ2v) is 6.10. The monoisotopic (exact) mass is 364 g/mol. The number of hydrogen-bond acceptors (Lipinski definition) is 6. The Hall–Kier alpha value is -2.62. The van der Waals surface area contributed by atoms with Crippen molar-refractivity contribution in [3.8, 4) is 0 Å². The molecule has 138 valence electrons. The van der Waals surface area contributed by atoms with E-state index in [2.05, 4.69) is 0 Å². The summed E-state index contributed by atoms with van der Waals surface area (Å²) in [5.41, 5.74) is -1.66. The maximum absolute atomic E-state index is 14.1. The summed E-state index contributed by atoms with van der Waals surface area (Å²) in [4.78, 5) is 37.3. The highest BCUT2D eigenvalue weighted by atomic mass is 19.1. The van der Waals surface area contributed by atoms with Crippen molar-refractivity contribution < 1.29 is 24.1 Å². The molecular weight excluding hydrogens is 347 g/mol. The number of nitrogens with zero attached hydrogens (tertiary/aromatic N) is 2. The van der Waals surface area contributed by atoms with Crippen LogP contribution in [0.5, 0.6) is 0 Å². The lowest BCUT2D eigenvalue weighted by molar-refractivity contribution is -0.0465. The van der Waals surface area contributed by atoms with E-state index < -0.39 is 48.0 Å². The summed E-state index contributed by atoms with van der Waals surface area (Å²) in [7, 11) is 0. The van der Waals surface area contributed by atoms with Crippen LogP contribution in [-0.2, 0) is 4.74 Å². The zero-order valence-corrected chi connectivity index (χ0v) is 13.8. The first-order chi connectivity index (χ1) is 12.3.